The van der Waals surface area contributed by atoms with Crippen LogP contribution in [0.2, 0.25) is 0 Å². The number of rotatable bonds is 3. The van der Waals surface area contributed by atoms with Gasteiger partial charge in [0.2, 0.25) is 0 Å². The number of esters is 1. The molecule has 88 valence electrons. The van der Waals surface area contributed by atoms with Crippen LogP contribution in [0.4, 0.5) is 0 Å². The van der Waals surface area contributed by atoms with E-state index in [0.29, 0.717) is 11.5 Å². The molecule has 0 saturated carbocycles. The first-order valence-corrected chi connectivity index (χ1v) is 6.09. The maximum absolute atomic E-state index is 11.8. The second kappa shape index (κ2) is 5.10. The van der Waals surface area contributed by atoms with E-state index in [1.54, 1.807) is 0 Å². The third-order valence-electron chi connectivity index (χ3n) is 2.56. The number of nitrogens with zero attached hydrogens (tertiary/aromatic N) is 1. The molecule has 1 aromatic carbocycles. The zero-order valence-corrected chi connectivity index (χ0v) is 10.6. The maximum atomic E-state index is 11.8. The van der Waals surface area contributed by atoms with Gasteiger partial charge in [0.1, 0.15) is 11.5 Å². The number of hydrogen-bond donors (Lipinski definition) is 0. The first-order valence-electron chi connectivity index (χ1n) is 5.32. The Morgan fingerprint density at radius 2 is 2.00 bits per heavy atom. The molecule has 4 heteroatoms. The molecule has 0 unspecified atom stereocenters. The lowest BCUT2D eigenvalue weighted by Gasteiger charge is -2.03. The molecule has 3 nitrogen and oxygen atoms in total. The Morgan fingerprint density at radius 3 is 2.59 bits per heavy atom. The topological polar surface area (TPSA) is 39.2 Å². The monoisotopic (exact) mass is 247 g/mol. The molecule has 0 radical (unpaired) electrons. The second-order valence-corrected chi connectivity index (χ2v) is 4.56. The number of carbonyl (C=O) groups is 1. The maximum Gasteiger partial charge on any atom is 0.350 e. The fraction of sp³-hybridized carbons (Fsp3) is 0.231. The predicted octanol–water partition coefficient (Wildman–Crippen LogP) is 3.12. The highest BCUT2D eigenvalue weighted by Crippen LogP contribution is 2.18. The molecule has 0 atom stereocenters. The molecule has 0 aliphatic carbocycles. The number of benzene rings is 1. The zero-order chi connectivity index (χ0) is 12.3. The molecule has 0 amide bonds. The summed E-state index contributed by atoms with van der Waals surface area (Å²) in [7, 11) is 0. The summed E-state index contributed by atoms with van der Waals surface area (Å²) in [6.07, 6.45) is 0. The van der Waals surface area contributed by atoms with Crippen molar-refractivity contribution in [3.8, 4) is 0 Å². The first kappa shape index (κ1) is 11.8. The van der Waals surface area contributed by atoms with Gasteiger partial charge in [-0.1, -0.05) is 30.3 Å². The number of aromatic nitrogens is 1. The van der Waals surface area contributed by atoms with Gasteiger partial charge in [-0.05, 0) is 36.5 Å². The summed E-state index contributed by atoms with van der Waals surface area (Å²) in [5.74, 6) is -0.294. The molecule has 1 aromatic heterocycles. The Labute approximate surface area is 104 Å². The van der Waals surface area contributed by atoms with E-state index in [-0.39, 0.29) is 5.97 Å². The van der Waals surface area contributed by atoms with Crippen molar-refractivity contribution in [1.29, 1.82) is 0 Å². The van der Waals surface area contributed by atoms with Crippen molar-refractivity contribution in [2.24, 2.45) is 0 Å². The van der Waals surface area contributed by atoms with Gasteiger partial charge in [0, 0.05) is 0 Å². The summed E-state index contributed by atoms with van der Waals surface area (Å²) in [6.45, 7) is 4.08. The standard InChI is InChI=1S/C13H13NO2S/c1-9-10(2)14-17-12(9)13(15)16-8-11-6-4-3-5-7-11/h3-7H,8H2,1-2H3. The number of carbonyl (C=O) groups excluding carboxylic acids is 1. The SMILES string of the molecule is Cc1nsc(C(=O)OCc2ccccc2)c1C. The van der Waals surface area contributed by atoms with Gasteiger partial charge in [0.25, 0.3) is 0 Å². The molecule has 0 aliphatic heterocycles. The molecule has 0 saturated heterocycles. The van der Waals surface area contributed by atoms with Crippen LogP contribution in [-0.2, 0) is 11.3 Å². The lowest BCUT2D eigenvalue weighted by atomic mass is 10.2. The van der Waals surface area contributed by atoms with Crippen molar-refractivity contribution in [2.75, 3.05) is 0 Å². The summed E-state index contributed by atoms with van der Waals surface area (Å²) in [4.78, 5) is 12.4. The second-order valence-electron chi connectivity index (χ2n) is 3.78. The molecule has 0 aliphatic rings. The van der Waals surface area contributed by atoms with Crippen LogP contribution in [0.1, 0.15) is 26.5 Å². The van der Waals surface area contributed by atoms with E-state index in [0.717, 1.165) is 16.8 Å². The summed E-state index contributed by atoms with van der Waals surface area (Å²) < 4.78 is 9.37. The van der Waals surface area contributed by atoms with Gasteiger partial charge >= 0.3 is 5.97 Å². The van der Waals surface area contributed by atoms with Crippen LogP contribution in [0.5, 0.6) is 0 Å². The van der Waals surface area contributed by atoms with E-state index >= 15 is 0 Å². The summed E-state index contributed by atoms with van der Waals surface area (Å²) in [5, 5.41) is 0. The largest absolute Gasteiger partial charge is 0.457 e. The van der Waals surface area contributed by atoms with Crippen molar-refractivity contribution < 1.29 is 9.53 Å². The van der Waals surface area contributed by atoms with Crippen LogP contribution in [0.15, 0.2) is 30.3 Å². The molecule has 0 spiro atoms. The van der Waals surface area contributed by atoms with Gasteiger partial charge in [0.05, 0.1) is 5.69 Å². The van der Waals surface area contributed by atoms with Crippen molar-refractivity contribution >= 4 is 17.5 Å². The first-order chi connectivity index (χ1) is 8.18. The van der Waals surface area contributed by atoms with Crippen LogP contribution >= 0.6 is 11.5 Å². The summed E-state index contributed by atoms with van der Waals surface area (Å²) >= 11 is 1.19. The van der Waals surface area contributed by atoms with Crippen molar-refractivity contribution in [2.45, 2.75) is 20.5 Å². The van der Waals surface area contributed by atoms with Crippen molar-refractivity contribution in [3.63, 3.8) is 0 Å². The summed E-state index contributed by atoms with van der Waals surface area (Å²) in [5.41, 5.74) is 2.79. The van der Waals surface area contributed by atoms with Gasteiger partial charge in [-0.3, -0.25) is 0 Å². The number of aryl methyl sites for hydroxylation is 1. The third-order valence-corrected chi connectivity index (χ3v) is 3.58. The van der Waals surface area contributed by atoms with E-state index in [9.17, 15) is 4.79 Å². The molecular formula is C13H13NO2S. The third kappa shape index (κ3) is 2.71. The van der Waals surface area contributed by atoms with Crippen LogP contribution in [0.25, 0.3) is 0 Å². The number of ether oxygens (including phenoxy) is 1. The normalized spacial score (nSPS) is 10.2. The van der Waals surface area contributed by atoms with E-state index in [4.69, 9.17) is 4.74 Å². The number of hydrogen-bond acceptors (Lipinski definition) is 4. The van der Waals surface area contributed by atoms with Gasteiger partial charge in [-0.2, -0.15) is 4.37 Å². The molecule has 1 heterocycles. The molecule has 2 rings (SSSR count). The van der Waals surface area contributed by atoms with E-state index in [1.165, 1.54) is 11.5 Å². The zero-order valence-electron chi connectivity index (χ0n) is 9.77. The molecule has 0 N–H and O–H groups in total. The highest BCUT2D eigenvalue weighted by molar-refractivity contribution is 7.08. The van der Waals surface area contributed by atoms with E-state index in [1.807, 2.05) is 44.2 Å². The van der Waals surface area contributed by atoms with E-state index in [2.05, 4.69) is 4.37 Å². The smallest absolute Gasteiger partial charge is 0.350 e. The average Bonchev–Trinajstić information content (AvgIpc) is 2.69. The molecule has 0 bridgehead atoms. The fourth-order valence-electron chi connectivity index (χ4n) is 1.39. The quantitative estimate of drug-likeness (QED) is 0.782. The Bertz CT molecular complexity index is 519. The molecule has 17 heavy (non-hydrogen) atoms. The van der Waals surface area contributed by atoms with Gasteiger partial charge < -0.3 is 4.74 Å². The van der Waals surface area contributed by atoms with Crippen molar-refractivity contribution in [1.82, 2.24) is 4.37 Å². The van der Waals surface area contributed by atoms with Gasteiger partial charge in [-0.15, -0.1) is 0 Å². The lowest BCUT2D eigenvalue weighted by molar-refractivity contribution is 0.0477. The average molecular weight is 247 g/mol. The predicted molar refractivity (Wildman–Crippen MR) is 67.1 cm³/mol. The molecular weight excluding hydrogens is 234 g/mol. The Balaban J connectivity index is 2.01. The minimum atomic E-state index is -0.294. The van der Waals surface area contributed by atoms with E-state index < -0.39 is 0 Å². The fourth-order valence-corrected chi connectivity index (χ4v) is 2.18. The van der Waals surface area contributed by atoms with Gasteiger partial charge in [0.15, 0.2) is 0 Å². The Hall–Kier alpha value is -1.68. The highest BCUT2D eigenvalue weighted by atomic mass is 32.1. The summed E-state index contributed by atoms with van der Waals surface area (Å²) in [6, 6.07) is 9.63. The van der Waals surface area contributed by atoms with Crippen LogP contribution in [0, 0.1) is 13.8 Å². The minimum absolute atomic E-state index is 0.294. The van der Waals surface area contributed by atoms with Gasteiger partial charge in [-0.25, -0.2) is 4.79 Å². The minimum Gasteiger partial charge on any atom is -0.457 e. The Kier molecular flexibility index (Phi) is 3.54. The Morgan fingerprint density at radius 1 is 1.29 bits per heavy atom. The lowest BCUT2D eigenvalue weighted by Crippen LogP contribution is -2.04. The molecule has 2 aromatic rings. The van der Waals surface area contributed by atoms with Crippen LogP contribution in [0.3, 0.4) is 0 Å². The van der Waals surface area contributed by atoms with Crippen LogP contribution in [-0.4, -0.2) is 10.3 Å². The molecule has 0 fully saturated rings. The highest BCUT2D eigenvalue weighted by Gasteiger charge is 2.15. The van der Waals surface area contributed by atoms with Crippen LogP contribution < -0.4 is 0 Å². The van der Waals surface area contributed by atoms with Crippen molar-refractivity contribution in [3.05, 3.63) is 52.0 Å².